The highest BCUT2D eigenvalue weighted by Crippen LogP contribution is 2.11. The Labute approximate surface area is 107 Å². The summed E-state index contributed by atoms with van der Waals surface area (Å²) in [5.74, 6) is 0.409. The monoisotopic (exact) mass is 240 g/mol. The van der Waals surface area contributed by atoms with Crippen molar-refractivity contribution >= 4 is 0 Å². The van der Waals surface area contributed by atoms with E-state index in [4.69, 9.17) is 5.26 Å². The molecule has 4 heteroatoms. The zero-order valence-corrected chi connectivity index (χ0v) is 10.4. The van der Waals surface area contributed by atoms with Gasteiger partial charge in [0.25, 0.3) is 0 Å². The molecule has 1 aromatic heterocycles. The van der Waals surface area contributed by atoms with Crippen LogP contribution in [0.3, 0.4) is 0 Å². The van der Waals surface area contributed by atoms with Crippen LogP contribution in [0.25, 0.3) is 5.69 Å². The van der Waals surface area contributed by atoms with Gasteiger partial charge in [-0.25, -0.2) is 4.98 Å². The molecule has 0 aliphatic carbocycles. The number of hydrogen-bond acceptors (Lipinski definition) is 3. The average molecular weight is 240 g/mol. The summed E-state index contributed by atoms with van der Waals surface area (Å²) in [5, 5.41) is 12.3. The van der Waals surface area contributed by atoms with Crippen molar-refractivity contribution in [1.82, 2.24) is 14.9 Å². The average Bonchev–Trinajstić information content (AvgIpc) is 2.88. The summed E-state index contributed by atoms with van der Waals surface area (Å²) >= 11 is 0. The van der Waals surface area contributed by atoms with Gasteiger partial charge in [0, 0.05) is 24.6 Å². The summed E-state index contributed by atoms with van der Waals surface area (Å²) in [6.45, 7) is 4.06. The number of benzene rings is 1. The van der Waals surface area contributed by atoms with Crippen LogP contribution in [0.15, 0.2) is 36.7 Å². The predicted octanol–water partition coefficient (Wildman–Crippen LogP) is 2.24. The minimum absolute atomic E-state index is 0.409. The third-order valence-corrected chi connectivity index (χ3v) is 2.71. The maximum atomic E-state index is 8.92. The van der Waals surface area contributed by atoms with Gasteiger partial charge in [-0.2, -0.15) is 5.26 Å². The van der Waals surface area contributed by atoms with Gasteiger partial charge in [-0.05, 0) is 30.7 Å². The first-order valence-electron chi connectivity index (χ1n) is 6.08. The Morgan fingerprint density at radius 3 is 2.78 bits per heavy atom. The molecule has 2 aromatic rings. The minimum atomic E-state index is 0.409. The summed E-state index contributed by atoms with van der Waals surface area (Å²) in [4.78, 5) is 3.98. The first kappa shape index (κ1) is 12.3. The van der Waals surface area contributed by atoms with Crippen LogP contribution in [-0.2, 0) is 6.54 Å². The van der Waals surface area contributed by atoms with Crippen LogP contribution in [0, 0.1) is 11.3 Å². The molecular formula is C14H16N4. The highest BCUT2D eigenvalue weighted by molar-refractivity contribution is 5.37. The Kier molecular flexibility index (Phi) is 4.11. The molecule has 0 radical (unpaired) electrons. The van der Waals surface area contributed by atoms with Crippen molar-refractivity contribution in [3.05, 3.63) is 48.0 Å². The molecule has 2 rings (SSSR count). The van der Waals surface area contributed by atoms with Gasteiger partial charge in [0.15, 0.2) is 0 Å². The van der Waals surface area contributed by atoms with E-state index in [-0.39, 0.29) is 0 Å². The second kappa shape index (κ2) is 5.99. The van der Waals surface area contributed by atoms with Crippen molar-refractivity contribution in [2.45, 2.75) is 19.9 Å². The number of hydrogen-bond donors (Lipinski definition) is 1. The molecule has 0 bridgehead atoms. The summed E-state index contributed by atoms with van der Waals surface area (Å²) < 4.78 is 1.78. The summed E-state index contributed by atoms with van der Waals surface area (Å²) in [6.07, 6.45) is 4.57. The Bertz CT molecular complexity index is 534. The maximum Gasteiger partial charge on any atom is 0.217 e. The van der Waals surface area contributed by atoms with E-state index in [1.807, 2.05) is 12.1 Å². The number of aromatic nitrogens is 2. The van der Waals surface area contributed by atoms with Crippen molar-refractivity contribution in [2.75, 3.05) is 6.54 Å². The van der Waals surface area contributed by atoms with Crippen molar-refractivity contribution in [3.63, 3.8) is 0 Å². The first-order chi connectivity index (χ1) is 8.85. The van der Waals surface area contributed by atoms with Gasteiger partial charge in [-0.1, -0.05) is 19.1 Å². The SMILES string of the molecule is CCCNCc1ccc(-n2ccnc2C#N)cc1. The van der Waals surface area contributed by atoms with Gasteiger partial charge < -0.3 is 5.32 Å². The second-order valence-electron chi connectivity index (χ2n) is 4.08. The second-order valence-corrected chi connectivity index (χ2v) is 4.08. The molecule has 4 nitrogen and oxygen atoms in total. The van der Waals surface area contributed by atoms with Crippen molar-refractivity contribution < 1.29 is 0 Å². The first-order valence-corrected chi connectivity index (χ1v) is 6.08. The van der Waals surface area contributed by atoms with E-state index < -0.39 is 0 Å². The van der Waals surface area contributed by atoms with Crippen LogP contribution >= 0.6 is 0 Å². The molecular weight excluding hydrogens is 224 g/mol. The zero-order valence-electron chi connectivity index (χ0n) is 10.4. The lowest BCUT2D eigenvalue weighted by molar-refractivity contribution is 0.675. The highest BCUT2D eigenvalue weighted by Gasteiger charge is 2.03. The van der Waals surface area contributed by atoms with Gasteiger partial charge in [-0.15, -0.1) is 0 Å². The zero-order chi connectivity index (χ0) is 12.8. The fraction of sp³-hybridized carbons (Fsp3) is 0.286. The van der Waals surface area contributed by atoms with E-state index in [0.29, 0.717) is 5.82 Å². The molecule has 18 heavy (non-hydrogen) atoms. The number of nitriles is 1. The van der Waals surface area contributed by atoms with E-state index in [2.05, 4.69) is 35.4 Å². The molecule has 0 amide bonds. The molecule has 0 spiro atoms. The van der Waals surface area contributed by atoms with Crippen LogP contribution in [0.4, 0.5) is 0 Å². The Morgan fingerprint density at radius 2 is 2.11 bits per heavy atom. The molecule has 1 heterocycles. The van der Waals surface area contributed by atoms with Crippen LogP contribution < -0.4 is 5.32 Å². The normalized spacial score (nSPS) is 10.2. The van der Waals surface area contributed by atoms with Crippen LogP contribution in [-0.4, -0.2) is 16.1 Å². The van der Waals surface area contributed by atoms with E-state index in [1.165, 1.54) is 5.56 Å². The Morgan fingerprint density at radius 1 is 1.33 bits per heavy atom. The molecule has 0 aliphatic rings. The molecule has 0 saturated heterocycles. The van der Waals surface area contributed by atoms with E-state index in [0.717, 1.165) is 25.2 Å². The fourth-order valence-corrected chi connectivity index (χ4v) is 1.78. The third-order valence-electron chi connectivity index (χ3n) is 2.71. The van der Waals surface area contributed by atoms with Gasteiger partial charge >= 0.3 is 0 Å². The Hall–Kier alpha value is -2.12. The van der Waals surface area contributed by atoms with Crippen molar-refractivity contribution in [2.24, 2.45) is 0 Å². The topological polar surface area (TPSA) is 53.6 Å². The molecule has 0 atom stereocenters. The molecule has 0 unspecified atom stereocenters. The molecule has 0 saturated carbocycles. The van der Waals surface area contributed by atoms with E-state index in [1.54, 1.807) is 17.0 Å². The van der Waals surface area contributed by atoms with Crippen LogP contribution in [0.2, 0.25) is 0 Å². The standard InChI is InChI=1S/C14H16N4/c1-2-7-16-11-12-3-5-13(6-4-12)18-9-8-17-14(18)10-15/h3-6,8-9,16H,2,7,11H2,1H3. The van der Waals surface area contributed by atoms with Gasteiger partial charge in [0.05, 0.1) is 0 Å². The molecule has 1 aromatic carbocycles. The lowest BCUT2D eigenvalue weighted by atomic mass is 10.2. The minimum Gasteiger partial charge on any atom is -0.313 e. The quantitative estimate of drug-likeness (QED) is 0.815. The Balaban J connectivity index is 2.11. The predicted molar refractivity (Wildman–Crippen MR) is 70.3 cm³/mol. The van der Waals surface area contributed by atoms with E-state index in [9.17, 15) is 0 Å². The lowest BCUT2D eigenvalue weighted by Gasteiger charge is -2.06. The maximum absolute atomic E-state index is 8.92. The molecule has 92 valence electrons. The fourth-order valence-electron chi connectivity index (χ4n) is 1.78. The highest BCUT2D eigenvalue weighted by atomic mass is 15.1. The van der Waals surface area contributed by atoms with Gasteiger partial charge in [0.2, 0.25) is 5.82 Å². The molecule has 1 N–H and O–H groups in total. The van der Waals surface area contributed by atoms with Gasteiger partial charge in [-0.3, -0.25) is 4.57 Å². The molecule has 0 fully saturated rings. The summed E-state index contributed by atoms with van der Waals surface area (Å²) in [5.41, 5.74) is 2.20. The van der Waals surface area contributed by atoms with Crippen molar-refractivity contribution in [3.8, 4) is 11.8 Å². The lowest BCUT2D eigenvalue weighted by Crippen LogP contribution is -2.13. The molecule has 0 aliphatic heterocycles. The van der Waals surface area contributed by atoms with Crippen LogP contribution in [0.1, 0.15) is 24.7 Å². The largest absolute Gasteiger partial charge is 0.313 e. The number of nitrogens with one attached hydrogen (secondary N) is 1. The number of imidazole rings is 1. The van der Waals surface area contributed by atoms with Crippen LogP contribution in [0.5, 0.6) is 0 Å². The summed E-state index contributed by atoms with van der Waals surface area (Å²) in [6, 6.07) is 10.2. The number of rotatable bonds is 5. The van der Waals surface area contributed by atoms with E-state index >= 15 is 0 Å². The van der Waals surface area contributed by atoms with Crippen molar-refractivity contribution in [1.29, 1.82) is 5.26 Å². The smallest absolute Gasteiger partial charge is 0.217 e. The number of nitrogens with zero attached hydrogens (tertiary/aromatic N) is 3. The summed E-state index contributed by atoms with van der Waals surface area (Å²) in [7, 11) is 0. The van der Waals surface area contributed by atoms with Gasteiger partial charge in [0.1, 0.15) is 6.07 Å². The third kappa shape index (κ3) is 2.76.